The van der Waals surface area contributed by atoms with Crippen LogP contribution >= 0.6 is 39.0 Å². The third-order valence-corrected chi connectivity index (χ3v) is 5.45. The fourth-order valence-electron chi connectivity index (χ4n) is 1.48. The lowest BCUT2D eigenvalue weighted by atomic mass is 9.96. The SMILES string of the molecule is CC(C)(C)C(=O)Nc1nnc(SCC(=O)Nc2ccccc2Br)s1. The fraction of sp³-hybridized carbons (Fsp3) is 0.333. The van der Waals surface area contributed by atoms with Crippen LogP contribution in [0, 0.1) is 5.41 Å². The number of amides is 2. The molecule has 2 N–H and O–H groups in total. The summed E-state index contributed by atoms with van der Waals surface area (Å²) in [5.74, 6) is -0.0485. The summed E-state index contributed by atoms with van der Waals surface area (Å²) >= 11 is 5.90. The summed E-state index contributed by atoms with van der Waals surface area (Å²) in [5.41, 5.74) is 0.223. The van der Waals surface area contributed by atoms with Crippen LogP contribution in [0.25, 0.3) is 0 Å². The van der Waals surface area contributed by atoms with Crippen LogP contribution in [0.2, 0.25) is 0 Å². The number of para-hydroxylation sites is 1. The predicted molar refractivity (Wildman–Crippen MR) is 101 cm³/mol. The van der Waals surface area contributed by atoms with Crippen LogP contribution in [0.3, 0.4) is 0 Å². The maximum absolute atomic E-state index is 12.0. The standard InChI is InChI=1S/C15H17BrN4O2S2/c1-15(2,3)12(22)18-13-19-20-14(24-13)23-8-11(21)17-10-7-5-4-6-9(10)16/h4-7H,8H2,1-3H3,(H,17,21)(H,18,19,22). The largest absolute Gasteiger partial charge is 0.324 e. The number of thioether (sulfide) groups is 1. The normalized spacial score (nSPS) is 11.2. The molecule has 0 aliphatic heterocycles. The van der Waals surface area contributed by atoms with Gasteiger partial charge >= 0.3 is 0 Å². The molecular formula is C15H17BrN4O2S2. The molecule has 24 heavy (non-hydrogen) atoms. The van der Waals surface area contributed by atoms with Gasteiger partial charge in [-0.2, -0.15) is 0 Å². The van der Waals surface area contributed by atoms with Gasteiger partial charge < -0.3 is 10.6 Å². The van der Waals surface area contributed by atoms with Crippen molar-refractivity contribution >= 4 is 61.7 Å². The molecule has 0 fully saturated rings. The number of benzene rings is 1. The fourth-order valence-corrected chi connectivity index (χ4v) is 3.41. The number of nitrogens with zero attached hydrogens (tertiary/aromatic N) is 2. The minimum atomic E-state index is -0.498. The van der Waals surface area contributed by atoms with Gasteiger partial charge in [-0.25, -0.2) is 0 Å². The van der Waals surface area contributed by atoms with Gasteiger partial charge in [0.1, 0.15) is 0 Å². The molecule has 0 saturated heterocycles. The van der Waals surface area contributed by atoms with E-state index in [-0.39, 0.29) is 17.6 Å². The van der Waals surface area contributed by atoms with Crippen molar-refractivity contribution in [2.24, 2.45) is 5.41 Å². The molecule has 1 heterocycles. The molecule has 9 heteroatoms. The van der Waals surface area contributed by atoms with E-state index in [9.17, 15) is 9.59 Å². The minimum Gasteiger partial charge on any atom is -0.324 e. The molecular weight excluding hydrogens is 412 g/mol. The second-order valence-electron chi connectivity index (χ2n) is 5.89. The Morgan fingerprint density at radius 2 is 1.92 bits per heavy atom. The Morgan fingerprint density at radius 3 is 2.58 bits per heavy atom. The van der Waals surface area contributed by atoms with Gasteiger partial charge in [0.05, 0.1) is 11.4 Å². The molecule has 2 aromatic rings. The van der Waals surface area contributed by atoms with E-state index in [2.05, 4.69) is 36.8 Å². The monoisotopic (exact) mass is 428 g/mol. The molecule has 1 aromatic carbocycles. The number of carbonyl (C=O) groups excluding carboxylic acids is 2. The summed E-state index contributed by atoms with van der Waals surface area (Å²) < 4.78 is 1.45. The molecule has 0 radical (unpaired) electrons. The van der Waals surface area contributed by atoms with E-state index < -0.39 is 5.41 Å². The lowest BCUT2D eigenvalue weighted by Gasteiger charge is -2.15. The van der Waals surface area contributed by atoms with E-state index in [1.807, 2.05) is 45.0 Å². The maximum Gasteiger partial charge on any atom is 0.234 e. The third kappa shape index (κ3) is 5.57. The van der Waals surface area contributed by atoms with Crippen molar-refractivity contribution < 1.29 is 9.59 Å². The summed E-state index contributed by atoms with van der Waals surface area (Å²) in [6.45, 7) is 5.47. The van der Waals surface area contributed by atoms with Crippen molar-refractivity contribution in [1.82, 2.24) is 10.2 Å². The summed E-state index contributed by atoms with van der Waals surface area (Å²) in [6.07, 6.45) is 0. The van der Waals surface area contributed by atoms with Gasteiger partial charge in [0.25, 0.3) is 0 Å². The summed E-state index contributed by atoms with van der Waals surface area (Å²) in [6, 6.07) is 7.40. The van der Waals surface area contributed by atoms with Gasteiger partial charge in [-0.1, -0.05) is 56.0 Å². The van der Waals surface area contributed by atoms with E-state index in [4.69, 9.17) is 0 Å². The van der Waals surface area contributed by atoms with E-state index in [0.717, 1.165) is 10.2 Å². The van der Waals surface area contributed by atoms with Gasteiger partial charge in [-0.05, 0) is 28.1 Å². The zero-order valence-electron chi connectivity index (χ0n) is 13.4. The van der Waals surface area contributed by atoms with Crippen molar-refractivity contribution in [2.75, 3.05) is 16.4 Å². The number of halogens is 1. The molecule has 0 aliphatic rings. The first kappa shape index (κ1) is 18.9. The molecule has 2 amide bonds. The van der Waals surface area contributed by atoms with Crippen LogP contribution in [0.4, 0.5) is 10.8 Å². The number of nitrogens with one attached hydrogen (secondary N) is 2. The van der Waals surface area contributed by atoms with E-state index in [0.29, 0.717) is 9.47 Å². The minimum absolute atomic E-state index is 0.123. The highest BCUT2D eigenvalue weighted by atomic mass is 79.9. The Labute approximate surface area is 157 Å². The number of carbonyl (C=O) groups is 2. The van der Waals surface area contributed by atoms with E-state index >= 15 is 0 Å². The van der Waals surface area contributed by atoms with E-state index in [1.54, 1.807) is 0 Å². The average molecular weight is 429 g/mol. The highest BCUT2D eigenvalue weighted by Crippen LogP contribution is 2.27. The number of hydrogen-bond acceptors (Lipinski definition) is 6. The molecule has 0 aliphatic carbocycles. The van der Waals surface area contributed by atoms with Gasteiger partial charge in [-0.15, -0.1) is 10.2 Å². The van der Waals surface area contributed by atoms with Crippen LogP contribution in [-0.4, -0.2) is 27.8 Å². The summed E-state index contributed by atoms with van der Waals surface area (Å²) in [7, 11) is 0. The number of aromatic nitrogens is 2. The molecule has 0 bridgehead atoms. The van der Waals surface area contributed by atoms with Crippen molar-refractivity contribution in [1.29, 1.82) is 0 Å². The Morgan fingerprint density at radius 1 is 1.21 bits per heavy atom. The Hall–Kier alpha value is -1.45. The summed E-state index contributed by atoms with van der Waals surface area (Å²) in [5, 5.41) is 13.9. The second-order valence-corrected chi connectivity index (χ2v) is 8.95. The Bertz CT molecular complexity index is 743. The summed E-state index contributed by atoms with van der Waals surface area (Å²) in [4.78, 5) is 23.9. The molecule has 0 unspecified atom stereocenters. The first-order valence-electron chi connectivity index (χ1n) is 7.08. The lowest BCUT2D eigenvalue weighted by Crippen LogP contribution is -2.27. The van der Waals surface area contributed by atoms with Gasteiger partial charge in [0, 0.05) is 9.89 Å². The molecule has 0 atom stereocenters. The van der Waals surface area contributed by atoms with Crippen LogP contribution < -0.4 is 10.6 Å². The van der Waals surface area contributed by atoms with Gasteiger partial charge in [0.15, 0.2) is 4.34 Å². The maximum atomic E-state index is 12.0. The molecule has 2 rings (SSSR count). The Balaban J connectivity index is 1.86. The Kier molecular flexibility index (Phi) is 6.36. The predicted octanol–water partition coefficient (Wildman–Crippen LogP) is 4.02. The smallest absolute Gasteiger partial charge is 0.234 e. The zero-order chi connectivity index (χ0) is 17.7. The first-order chi connectivity index (χ1) is 11.3. The van der Waals surface area contributed by atoms with E-state index in [1.165, 1.54) is 23.1 Å². The van der Waals surface area contributed by atoms with Crippen molar-refractivity contribution in [2.45, 2.75) is 25.1 Å². The quantitative estimate of drug-likeness (QED) is 0.554. The van der Waals surface area contributed by atoms with Gasteiger partial charge in [-0.3, -0.25) is 9.59 Å². The topological polar surface area (TPSA) is 84.0 Å². The molecule has 0 spiro atoms. The second kappa shape index (κ2) is 8.09. The molecule has 6 nitrogen and oxygen atoms in total. The number of hydrogen-bond donors (Lipinski definition) is 2. The van der Waals surface area contributed by atoms with Crippen LogP contribution in [-0.2, 0) is 9.59 Å². The molecule has 1 aromatic heterocycles. The average Bonchev–Trinajstić information content (AvgIpc) is 2.94. The van der Waals surface area contributed by atoms with Crippen molar-refractivity contribution in [3.8, 4) is 0 Å². The van der Waals surface area contributed by atoms with Crippen molar-refractivity contribution in [3.63, 3.8) is 0 Å². The lowest BCUT2D eigenvalue weighted by molar-refractivity contribution is -0.123. The third-order valence-electron chi connectivity index (χ3n) is 2.78. The van der Waals surface area contributed by atoms with Crippen LogP contribution in [0.15, 0.2) is 33.1 Å². The molecule has 0 saturated carbocycles. The zero-order valence-corrected chi connectivity index (χ0v) is 16.6. The van der Waals surface area contributed by atoms with Crippen LogP contribution in [0.1, 0.15) is 20.8 Å². The molecule has 128 valence electrons. The number of anilines is 2. The number of rotatable bonds is 5. The highest BCUT2D eigenvalue weighted by molar-refractivity contribution is 9.10. The highest BCUT2D eigenvalue weighted by Gasteiger charge is 2.22. The first-order valence-corrected chi connectivity index (χ1v) is 9.67. The van der Waals surface area contributed by atoms with Crippen LogP contribution in [0.5, 0.6) is 0 Å². The van der Waals surface area contributed by atoms with Gasteiger partial charge in [0.2, 0.25) is 16.9 Å². The van der Waals surface area contributed by atoms with Crippen molar-refractivity contribution in [3.05, 3.63) is 28.7 Å².